The van der Waals surface area contributed by atoms with E-state index in [2.05, 4.69) is 39.7 Å². The summed E-state index contributed by atoms with van der Waals surface area (Å²) in [6.45, 7) is 2.65. The molecule has 0 spiro atoms. The molecule has 0 unspecified atom stereocenters. The fourth-order valence-electron chi connectivity index (χ4n) is 2.17. The van der Waals surface area contributed by atoms with Crippen molar-refractivity contribution in [1.82, 2.24) is 9.97 Å². The van der Waals surface area contributed by atoms with E-state index in [0.29, 0.717) is 18.2 Å². The van der Waals surface area contributed by atoms with Gasteiger partial charge < -0.3 is 10.6 Å². The quantitative estimate of drug-likeness (QED) is 0.753. The van der Waals surface area contributed by atoms with Crippen LogP contribution >= 0.6 is 0 Å². The zero-order valence-electron chi connectivity index (χ0n) is 13.4. The molecule has 24 heavy (non-hydrogen) atoms. The lowest BCUT2D eigenvalue weighted by atomic mass is 10.1. The van der Waals surface area contributed by atoms with Gasteiger partial charge in [0.05, 0.1) is 0 Å². The normalized spacial score (nSPS) is 10.2. The van der Waals surface area contributed by atoms with Crippen LogP contribution in [0.2, 0.25) is 0 Å². The van der Waals surface area contributed by atoms with Gasteiger partial charge in [0.25, 0.3) is 5.91 Å². The molecule has 1 aromatic heterocycles. The van der Waals surface area contributed by atoms with Crippen molar-refractivity contribution in [3.63, 3.8) is 0 Å². The first-order chi connectivity index (χ1) is 11.7. The molecule has 3 aromatic rings. The maximum absolute atomic E-state index is 12.2. The van der Waals surface area contributed by atoms with E-state index < -0.39 is 0 Å². The zero-order valence-corrected chi connectivity index (χ0v) is 13.4. The number of carbonyl (C=O) groups is 1. The Balaban J connectivity index is 1.65. The maximum Gasteiger partial charge on any atom is 0.274 e. The minimum Gasteiger partial charge on any atom is -0.350 e. The van der Waals surface area contributed by atoms with Crippen LogP contribution in [0.3, 0.4) is 0 Å². The number of anilines is 2. The van der Waals surface area contributed by atoms with Crippen molar-refractivity contribution in [1.29, 1.82) is 0 Å². The molecule has 5 nitrogen and oxygen atoms in total. The number of amides is 1. The first-order valence-corrected chi connectivity index (χ1v) is 7.69. The fourth-order valence-corrected chi connectivity index (χ4v) is 2.17. The molecule has 1 amide bonds. The number of nitrogens with one attached hydrogen (secondary N) is 2. The molecular formula is C19H18N4O. The average molecular weight is 318 g/mol. The highest BCUT2D eigenvalue weighted by molar-refractivity contribution is 6.02. The Hall–Kier alpha value is -3.21. The molecule has 0 fully saturated rings. The number of nitrogens with zero attached hydrogens (tertiary/aromatic N) is 2. The van der Waals surface area contributed by atoms with Crippen molar-refractivity contribution in [2.45, 2.75) is 13.5 Å². The topological polar surface area (TPSA) is 66.9 Å². The molecule has 2 aromatic carbocycles. The van der Waals surface area contributed by atoms with Crippen LogP contribution in [0.4, 0.5) is 11.6 Å². The lowest BCUT2D eigenvalue weighted by Gasteiger charge is -2.07. The van der Waals surface area contributed by atoms with Crippen molar-refractivity contribution < 1.29 is 4.79 Å². The van der Waals surface area contributed by atoms with Gasteiger partial charge in [0.15, 0.2) is 0 Å². The van der Waals surface area contributed by atoms with Crippen LogP contribution < -0.4 is 10.6 Å². The second-order valence-corrected chi connectivity index (χ2v) is 5.42. The predicted octanol–water partition coefficient (Wildman–Crippen LogP) is 3.65. The number of hydrogen-bond acceptors (Lipinski definition) is 4. The van der Waals surface area contributed by atoms with Crippen molar-refractivity contribution >= 4 is 17.5 Å². The minimum absolute atomic E-state index is 0.262. The molecule has 0 atom stereocenters. The van der Waals surface area contributed by atoms with E-state index >= 15 is 0 Å². The van der Waals surface area contributed by atoms with Gasteiger partial charge in [-0.15, -0.1) is 0 Å². The molecule has 0 aliphatic heterocycles. The van der Waals surface area contributed by atoms with E-state index in [1.54, 1.807) is 12.3 Å². The summed E-state index contributed by atoms with van der Waals surface area (Å²) in [6.07, 6.45) is 1.57. The Labute approximate surface area is 140 Å². The molecule has 120 valence electrons. The van der Waals surface area contributed by atoms with Gasteiger partial charge in [0.2, 0.25) is 5.95 Å². The number of aryl methyl sites for hydroxylation is 1. The van der Waals surface area contributed by atoms with Crippen molar-refractivity contribution in [3.8, 4) is 0 Å². The smallest absolute Gasteiger partial charge is 0.274 e. The summed E-state index contributed by atoms with van der Waals surface area (Å²) in [4.78, 5) is 20.7. The number of hydrogen-bond donors (Lipinski definition) is 2. The van der Waals surface area contributed by atoms with Crippen molar-refractivity contribution in [2.24, 2.45) is 0 Å². The molecule has 0 saturated heterocycles. The summed E-state index contributed by atoms with van der Waals surface area (Å²) >= 11 is 0. The summed E-state index contributed by atoms with van der Waals surface area (Å²) in [5.41, 5.74) is 3.40. The van der Waals surface area contributed by atoms with Crippen LogP contribution in [0, 0.1) is 6.92 Å². The lowest BCUT2D eigenvalue weighted by Crippen LogP contribution is -2.15. The van der Waals surface area contributed by atoms with Gasteiger partial charge in [-0.25, -0.2) is 9.97 Å². The van der Waals surface area contributed by atoms with Gasteiger partial charge in [0, 0.05) is 18.4 Å². The van der Waals surface area contributed by atoms with Gasteiger partial charge >= 0.3 is 0 Å². The molecule has 2 N–H and O–H groups in total. The number of aromatic nitrogens is 2. The molecular weight excluding hydrogens is 300 g/mol. The van der Waals surface area contributed by atoms with Crippen molar-refractivity contribution in [2.75, 3.05) is 10.6 Å². The Kier molecular flexibility index (Phi) is 4.81. The van der Waals surface area contributed by atoms with Gasteiger partial charge in [-0.05, 0) is 30.7 Å². The van der Waals surface area contributed by atoms with E-state index in [1.807, 2.05) is 42.5 Å². The largest absolute Gasteiger partial charge is 0.350 e. The number of carbonyl (C=O) groups excluding carboxylic acids is 1. The highest BCUT2D eigenvalue weighted by Crippen LogP contribution is 2.09. The second kappa shape index (κ2) is 7.37. The fraction of sp³-hybridized carbons (Fsp3) is 0.105. The number of para-hydroxylation sites is 1. The minimum atomic E-state index is -0.262. The van der Waals surface area contributed by atoms with E-state index in [1.165, 1.54) is 5.56 Å². The van der Waals surface area contributed by atoms with Gasteiger partial charge in [-0.2, -0.15) is 0 Å². The molecule has 0 saturated carbocycles. The van der Waals surface area contributed by atoms with E-state index in [-0.39, 0.29) is 5.91 Å². The molecule has 0 bridgehead atoms. The van der Waals surface area contributed by atoms with E-state index in [4.69, 9.17) is 0 Å². The molecule has 0 radical (unpaired) electrons. The van der Waals surface area contributed by atoms with Gasteiger partial charge in [0.1, 0.15) is 5.69 Å². The van der Waals surface area contributed by atoms with Crippen LogP contribution in [-0.4, -0.2) is 15.9 Å². The monoisotopic (exact) mass is 318 g/mol. The lowest BCUT2D eigenvalue weighted by molar-refractivity contribution is 0.102. The van der Waals surface area contributed by atoms with Crippen LogP contribution in [-0.2, 0) is 6.54 Å². The van der Waals surface area contributed by atoms with Crippen LogP contribution in [0.5, 0.6) is 0 Å². The molecule has 3 rings (SSSR count). The first-order valence-electron chi connectivity index (χ1n) is 7.69. The van der Waals surface area contributed by atoms with Crippen LogP contribution in [0.15, 0.2) is 66.9 Å². The van der Waals surface area contributed by atoms with Gasteiger partial charge in [-0.3, -0.25) is 4.79 Å². The molecule has 0 aliphatic carbocycles. The Morgan fingerprint density at radius 2 is 1.75 bits per heavy atom. The zero-order chi connectivity index (χ0) is 16.8. The van der Waals surface area contributed by atoms with Crippen LogP contribution in [0.1, 0.15) is 21.6 Å². The summed E-state index contributed by atoms with van der Waals surface area (Å²) in [5, 5.41) is 5.95. The predicted molar refractivity (Wildman–Crippen MR) is 94.9 cm³/mol. The first kappa shape index (κ1) is 15.7. The summed E-state index contributed by atoms with van der Waals surface area (Å²) in [5.74, 6) is 0.165. The third kappa shape index (κ3) is 4.16. The van der Waals surface area contributed by atoms with Crippen molar-refractivity contribution in [3.05, 3.63) is 83.7 Å². The van der Waals surface area contributed by atoms with Gasteiger partial charge in [-0.1, -0.05) is 48.0 Å². The third-order valence-corrected chi connectivity index (χ3v) is 3.49. The third-order valence-electron chi connectivity index (χ3n) is 3.49. The molecule has 5 heteroatoms. The Bertz CT molecular complexity index is 816. The number of benzene rings is 2. The van der Waals surface area contributed by atoms with E-state index in [9.17, 15) is 4.79 Å². The highest BCUT2D eigenvalue weighted by atomic mass is 16.1. The summed E-state index contributed by atoms with van der Waals surface area (Å²) in [6, 6.07) is 19.1. The molecule has 1 heterocycles. The second-order valence-electron chi connectivity index (χ2n) is 5.42. The Morgan fingerprint density at radius 1 is 1.00 bits per heavy atom. The van der Waals surface area contributed by atoms with Crippen LogP contribution in [0.25, 0.3) is 0 Å². The average Bonchev–Trinajstić information content (AvgIpc) is 2.62. The highest BCUT2D eigenvalue weighted by Gasteiger charge is 2.09. The SMILES string of the molecule is Cc1ccc(CNc2nccc(C(=O)Nc3ccccc3)n2)cc1. The summed E-state index contributed by atoms with van der Waals surface area (Å²) in [7, 11) is 0. The maximum atomic E-state index is 12.2. The Morgan fingerprint density at radius 3 is 2.50 bits per heavy atom. The molecule has 0 aliphatic rings. The number of rotatable bonds is 5. The summed E-state index contributed by atoms with van der Waals surface area (Å²) < 4.78 is 0. The van der Waals surface area contributed by atoms with E-state index in [0.717, 1.165) is 11.3 Å². The standard InChI is InChI=1S/C19H18N4O/c1-14-7-9-15(10-8-14)13-21-19-20-12-11-17(23-19)18(24)22-16-5-3-2-4-6-16/h2-12H,13H2,1H3,(H,22,24)(H,20,21,23).